The Kier molecular flexibility index (Phi) is 4.57. The zero-order chi connectivity index (χ0) is 12.8. The topological polar surface area (TPSA) is 38.7 Å². The summed E-state index contributed by atoms with van der Waals surface area (Å²) in [6, 6.07) is 4.09. The lowest BCUT2D eigenvalue weighted by Gasteiger charge is -2.08. The van der Waals surface area contributed by atoms with E-state index in [1.807, 2.05) is 0 Å². The SMILES string of the molecule is OCC#Cc1cc(F)ccc1OCOCC1CC1. The van der Waals surface area contributed by atoms with E-state index in [0.717, 1.165) is 0 Å². The van der Waals surface area contributed by atoms with Crippen LogP contribution in [0.5, 0.6) is 5.75 Å². The molecule has 1 aliphatic rings. The number of ether oxygens (including phenoxy) is 2. The van der Waals surface area contributed by atoms with Crippen molar-refractivity contribution in [2.24, 2.45) is 5.92 Å². The fraction of sp³-hybridized carbons (Fsp3) is 0.429. The van der Waals surface area contributed by atoms with Gasteiger partial charge in [-0.15, -0.1) is 0 Å². The molecule has 2 rings (SSSR count). The van der Waals surface area contributed by atoms with Crippen LogP contribution in [0.25, 0.3) is 0 Å². The molecule has 0 spiro atoms. The molecule has 1 fully saturated rings. The van der Waals surface area contributed by atoms with Gasteiger partial charge >= 0.3 is 0 Å². The molecule has 0 radical (unpaired) electrons. The lowest BCUT2D eigenvalue weighted by Crippen LogP contribution is -2.06. The van der Waals surface area contributed by atoms with E-state index in [9.17, 15) is 4.39 Å². The van der Waals surface area contributed by atoms with Crippen molar-refractivity contribution in [3.05, 3.63) is 29.6 Å². The van der Waals surface area contributed by atoms with Crippen LogP contribution in [-0.2, 0) is 4.74 Å². The molecule has 96 valence electrons. The van der Waals surface area contributed by atoms with Gasteiger partial charge in [0, 0.05) is 0 Å². The van der Waals surface area contributed by atoms with Gasteiger partial charge in [0.25, 0.3) is 0 Å². The second kappa shape index (κ2) is 6.39. The summed E-state index contributed by atoms with van der Waals surface area (Å²) in [5, 5.41) is 8.64. The number of hydrogen-bond acceptors (Lipinski definition) is 3. The van der Waals surface area contributed by atoms with Crippen molar-refractivity contribution in [1.29, 1.82) is 0 Å². The van der Waals surface area contributed by atoms with E-state index in [1.165, 1.54) is 31.0 Å². The standard InChI is InChI=1S/C14H15FO3/c15-13-5-6-14(12(8-13)2-1-7-16)18-10-17-9-11-3-4-11/h5-6,8,11,16H,3-4,7,9-10H2. The molecule has 4 heteroatoms. The van der Waals surface area contributed by atoms with Crippen molar-refractivity contribution in [1.82, 2.24) is 0 Å². The minimum atomic E-state index is -0.386. The van der Waals surface area contributed by atoms with Crippen molar-refractivity contribution >= 4 is 0 Å². The highest BCUT2D eigenvalue weighted by Crippen LogP contribution is 2.28. The van der Waals surface area contributed by atoms with Crippen molar-refractivity contribution in [2.75, 3.05) is 20.0 Å². The highest BCUT2D eigenvalue weighted by Gasteiger charge is 2.21. The van der Waals surface area contributed by atoms with Crippen LogP contribution in [0.3, 0.4) is 0 Å². The summed E-state index contributed by atoms with van der Waals surface area (Å²) in [4.78, 5) is 0. The van der Waals surface area contributed by atoms with Crippen LogP contribution in [0.4, 0.5) is 4.39 Å². The van der Waals surface area contributed by atoms with Gasteiger partial charge in [-0.25, -0.2) is 4.39 Å². The molecule has 0 heterocycles. The summed E-state index contributed by atoms with van der Waals surface area (Å²) in [6.07, 6.45) is 2.45. The molecule has 1 aliphatic carbocycles. The molecule has 0 saturated heterocycles. The van der Waals surface area contributed by atoms with Gasteiger partial charge in [0.05, 0.1) is 12.2 Å². The van der Waals surface area contributed by atoms with Crippen molar-refractivity contribution in [3.8, 4) is 17.6 Å². The van der Waals surface area contributed by atoms with Crippen molar-refractivity contribution in [2.45, 2.75) is 12.8 Å². The van der Waals surface area contributed by atoms with Crippen molar-refractivity contribution < 1.29 is 19.0 Å². The van der Waals surface area contributed by atoms with E-state index in [1.54, 1.807) is 0 Å². The predicted octanol–water partition coefficient (Wildman–Crippen LogP) is 1.93. The maximum atomic E-state index is 13.1. The molecular weight excluding hydrogens is 235 g/mol. The van der Waals surface area contributed by atoms with Gasteiger partial charge in [0.15, 0.2) is 6.79 Å². The van der Waals surface area contributed by atoms with Gasteiger partial charge in [0.1, 0.15) is 18.2 Å². The second-order valence-electron chi connectivity index (χ2n) is 4.18. The highest BCUT2D eigenvalue weighted by atomic mass is 19.1. The monoisotopic (exact) mass is 250 g/mol. The number of benzene rings is 1. The average Bonchev–Trinajstić information content (AvgIpc) is 3.18. The molecule has 1 aromatic rings. The van der Waals surface area contributed by atoms with Gasteiger partial charge < -0.3 is 14.6 Å². The van der Waals surface area contributed by atoms with E-state index < -0.39 is 0 Å². The summed E-state index contributed by atoms with van der Waals surface area (Å²) in [7, 11) is 0. The molecule has 0 bridgehead atoms. The Morgan fingerprint density at radius 2 is 2.22 bits per heavy atom. The second-order valence-corrected chi connectivity index (χ2v) is 4.18. The molecule has 0 amide bonds. The Balaban J connectivity index is 1.92. The smallest absolute Gasteiger partial charge is 0.189 e. The predicted molar refractivity (Wildman–Crippen MR) is 64.5 cm³/mol. The van der Waals surface area contributed by atoms with Crippen molar-refractivity contribution in [3.63, 3.8) is 0 Å². The van der Waals surface area contributed by atoms with E-state index >= 15 is 0 Å². The first-order chi connectivity index (χ1) is 8.79. The third kappa shape index (κ3) is 4.02. The average molecular weight is 250 g/mol. The Bertz CT molecular complexity index is 458. The zero-order valence-electron chi connectivity index (χ0n) is 9.99. The Labute approximate surface area is 106 Å². The number of halogens is 1. The Hall–Kier alpha value is -1.57. The Morgan fingerprint density at radius 1 is 1.39 bits per heavy atom. The van der Waals surface area contributed by atoms with Gasteiger partial charge in [-0.1, -0.05) is 11.8 Å². The van der Waals surface area contributed by atoms with Gasteiger partial charge in [-0.2, -0.15) is 0 Å². The largest absolute Gasteiger partial charge is 0.466 e. The van der Waals surface area contributed by atoms with Crippen LogP contribution in [0, 0.1) is 23.6 Å². The van der Waals surface area contributed by atoms with Crippen LogP contribution in [0.15, 0.2) is 18.2 Å². The lowest BCUT2D eigenvalue weighted by molar-refractivity contribution is 0.00979. The summed E-state index contributed by atoms with van der Waals surface area (Å²) in [5.74, 6) is 5.87. The van der Waals surface area contributed by atoms with E-state index in [2.05, 4.69) is 11.8 Å². The zero-order valence-corrected chi connectivity index (χ0v) is 9.99. The lowest BCUT2D eigenvalue weighted by atomic mass is 10.2. The van der Waals surface area contributed by atoms with Gasteiger partial charge in [0.2, 0.25) is 0 Å². The molecule has 0 aliphatic heterocycles. The first-order valence-electron chi connectivity index (χ1n) is 5.89. The summed E-state index contributed by atoms with van der Waals surface area (Å²) in [5.41, 5.74) is 0.416. The number of aliphatic hydroxyl groups excluding tert-OH is 1. The summed E-state index contributed by atoms with van der Waals surface area (Å²) >= 11 is 0. The maximum Gasteiger partial charge on any atom is 0.189 e. The minimum absolute atomic E-state index is 0.135. The van der Waals surface area contributed by atoms with E-state index in [0.29, 0.717) is 23.8 Å². The fourth-order valence-electron chi connectivity index (χ4n) is 1.46. The summed E-state index contributed by atoms with van der Waals surface area (Å²) in [6.45, 7) is 0.572. The van der Waals surface area contributed by atoms with Crippen LogP contribution in [-0.4, -0.2) is 25.1 Å². The molecule has 18 heavy (non-hydrogen) atoms. The molecule has 0 unspecified atom stereocenters. The normalized spacial score (nSPS) is 13.9. The molecule has 3 nitrogen and oxygen atoms in total. The molecule has 0 atom stereocenters. The molecule has 1 aromatic carbocycles. The quantitative estimate of drug-likeness (QED) is 0.493. The minimum Gasteiger partial charge on any atom is -0.466 e. The first-order valence-corrected chi connectivity index (χ1v) is 5.89. The van der Waals surface area contributed by atoms with Crippen LogP contribution in [0.1, 0.15) is 18.4 Å². The van der Waals surface area contributed by atoms with Gasteiger partial charge in [-0.05, 0) is 37.0 Å². The third-order valence-electron chi connectivity index (χ3n) is 2.59. The molecule has 1 N–H and O–H groups in total. The van der Waals surface area contributed by atoms with Crippen LogP contribution < -0.4 is 4.74 Å². The van der Waals surface area contributed by atoms with Crippen LogP contribution >= 0.6 is 0 Å². The maximum absolute atomic E-state index is 13.1. The molecule has 0 aromatic heterocycles. The van der Waals surface area contributed by atoms with Crippen LogP contribution in [0.2, 0.25) is 0 Å². The fourth-order valence-corrected chi connectivity index (χ4v) is 1.46. The molecular formula is C14H15FO3. The Morgan fingerprint density at radius 3 is 2.94 bits per heavy atom. The summed E-state index contributed by atoms with van der Waals surface area (Å²) < 4.78 is 23.8. The van der Waals surface area contributed by atoms with E-state index in [-0.39, 0.29) is 19.2 Å². The van der Waals surface area contributed by atoms with Gasteiger partial charge in [-0.3, -0.25) is 0 Å². The highest BCUT2D eigenvalue weighted by molar-refractivity contribution is 5.46. The number of hydrogen-bond donors (Lipinski definition) is 1. The number of rotatable bonds is 5. The first kappa shape index (κ1) is 12.9. The van der Waals surface area contributed by atoms with E-state index in [4.69, 9.17) is 14.6 Å². The number of aliphatic hydroxyl groups is 1. The molecule has 1 saturated carbocycles. The third-order valence-corrected chi connectivity index (χ3v) is 2.59.